The number of piperazine rings is 1. The van der Waals surface area contributed by atoms with Crippen molar-refractivity contribution in [1.82, 2.24) is 9.80 Å². The number of aliphatic hydroxyl groups excluding tert-OH is 1. The number of carboxylic acid groups (broad SMARTS) is 1. The van der Waals surface area contributed by atoms with Crippen LogP contribution in [-0.4, -0.2) is 98.0 Å². The Bertz CT molecular complexity index is 816. The lowest BCUT2D eigenvalue weighted by molar-refractivity contribution is -0.151. The molecule has 0 bridgehead atoms. The van der Waals surface area contributed by atoms with Gasteiger partial charge in [-0.1, -0.05) is 13.5 Å². The molecule has 33 heavy (non-hydrogen) atoms. The van der Waals surface area contributed by atoms with Gasteiger partial charge >= 0.3 is 5.97 Å². The average Bonchev–Trinajstić information content (AvgIpc) is 2.85. The van der Waals surface area contributed by atoms with E-state index < -0.39 is 18.0 Å². The molecule has 0 radical (unpaired) electrons. The number of aliphatic imine (C=N–C) groups is 2. The third-order valence-electron chi connectivity index (χ3n) is 5.87. The first kappa shape index (κ1) is 28.1. The number of rotatable bonds is 10. The van der Waals surface area contributed by atoms with Crippen molar-refractivity contribution in [3.05, 3.63) is 55.3 Å². The Morgan fingerprint density at radius 3 is 2.18 bits per heavy atom. The van der Waals surface area contributed by atoms with Gasteiger partial charge in [0.1, 0.15) is 5.41 Å². The first-order valence-electron chi connectivity index (χ1n) is 11.1. The first-order valence-corrected chi connectivity index (χ1v) is 11.1. The van der Waals surface area contributed by atoms with Crippen molar-refractivity contribution in [2.45, 2.75) is 13.8 Å². The maximum atomic E-state index is 11.5. The molecule has 1 atom stereocenters. The number of likely N-dealkylation sites (N-methyl/N-ethyl adjacent to an activating group) is 1. The van der Waals surface area contributed by atoms with Gasteiger partial charge in [-0.15, -0.1) is 13.2 Å². The summed E-state index contributed by atoms with van der Waals surface area (Å²) < 4.78 is 0. The molecule has 182 valence electrons. The fourth-order valence-corrected chi connectivity index (χ4v) is 3.71. The van der Waals surface area contributed by atoms with Gasteiger partial charge < -0.3 is 20.0 Å². The fourth-order valence-electron chi connectivity index (χ4n) is 3.71. The Kier molecular flexibility index (Phi) is 11.5. The number of amidine groups is 1. The number of benzene rings is 1. The number of anilines is 1. The third kappa shape index (κ3) is 7.54. The number of hydrogen-bond acceptors (Lipinski definition) is 6. The first-order chi connectivity index (χ1) is 15.8. The molecule has 1 saturated heterocycles. The molecule has 0 amide bonds. The zero-order chi connectivity index (χ0) is 25.0. The average molecular weight is 458 g/mol. The molecule has 1 aromatic carbocycles. The highest BCUT2D eigenvalue weighted by Gasteiger charge is 2.34. The second kappa shape index (κ2) is 13.5. The van der Waals surface area contributed by atoms with Gasteiger partial charge in [-0.3, -0.25) is 14.7 Å². The van der Waals surface area contributed by atoms with Crippen molar-refractivity contribution in [2.24, 2.45) is 15.4 Å². The number of aliphatic carboxylic acids is 1. The smallest absolute Gasteiger partial charge is 0.313 e. The zero-order valence-corrected chi connectivity index (χ0v) is 20.3. The Labute approximate surface area is 198 Å². The van der Waals surface area contributed by atoms with Crippen LogP contribution >= 0.6 is 0 Å². The predicted molar refractivity (Wildman–Crippen MR) is 138 cm³/mol. The number of nitrogens with zero attached hydrogens (tertiary/aromatic N) is 5. The van der Waals surface area contributed by atoms with E-state index in [1.165, 1.54) is 0 Å². The molecular weight excluding hydrogens is 418 g/mol. The van der Waals surface area contributed by atoms with Crippen LogP contribution in [0.3, 0.4) is 0 Å². The molecule has 1 heterocycles. The van der Waals surface area contributed by atoms with Crippen LogP contribution in [0.2, 0.25) is 0 Å². The van der Waals surface area contributed by atoms with Gasteiger partial charge in [0.2, 0.25) is 0 Å². The minimum absolute atomic E-state index is 0.281. The molecule has 1 aliphatic rings. The van der Waals surface area contributed by atoms with E-state index in [0.29, 0.717) is 18.9 Å². The molecule has 8 heteroatoms. The molecule has 1 fully saturated rings. The number of carboxylic acids is 1. The van der Waals surface area contributed by atoms with E-state index in [-0.39, 0.29) is 6.54 Å². The van der Waals surface area contributed by atoms with Crippen LogP contribution in [-0.2, 0) is 4.79 Å². The molecule has 1 aliphatic heterocycles. The maximum absolute atomic E-state index is 11.5. The molecule has 0 aliphatic carbocycles. The highest BCUT2D eigenvalue weighted by atomic mass is 16.4. The van der Waals surface area contributed by atoms with Crippen molar-refractivity contribution in [3.8, 4) is 0 Å². The summed E-state index contributed by atoms with van der Waals surface area (Å²) in [4.78, 5) is 26.2. The molecule has 0 aromatic heterocycles. The van der Waals surface area contributed by atoms with E-state index in [0.717, 1.165) is 43.1 Å². The van der Waals surface area contributed by atoms with E-state index in [4.69, 9.17) is 0 Å². The predicted octanol–water partition coefficient (Wildman–Crippen LogP) is 2.61. The van der Waals surface area contributed by atoms with E-state index in [1.54, 1.807) is 14.0 Å². The second-order valence-electron chi connectivity index (χ2n) is 8.12. The molecule has 8 nitrogen and oxygen atoms in total. The monoisotopic (exact) mass is 457 g/mol. The van der Waals surface area contributed by atoms with Crippen LogP contribution in [0, 0.1) is 5.41 Å². The molecular formula is C25H39N5O3. The Morgan fingerprint density at radius 2 is 1.76 bits per heavy atom. The fraction of sp³-hybridized carbons (Fsp3) is 0.480. The minimum atomic E-state index is -1.18. The van der Waals surface area contributed by atoms with Crippen molar-refractivity contribution < 1.29 is 15.0 Å². The van der Waals surface area contributed by atoms with Crippen LogP contribution in [0.5, 0.6) is 0 Å². The number of aliphatic hydroxyl groups is 1. The summed E-state index contributed by atoms with van der Waals surface area (Å²) in [7, 11) is 1.70. The van der Waals surface area contributed by atoms with Crippen molar-refractivity contribution >= 4 is 24.2 Å². The lowest BCUT2D eigenvalue weighted by Gasteiger charge is -2.40. The van der Waals surface area contributed by atoms with Gasteiger partial charge in [0.05, 0.1) is 6.61 Å². The van der Waals surface area contributed by atoms with Gasteiger partial charge in [-0.05, 0) is 44.5 Å². The summed E-state index contributed by atoms with van der Waals surface area (Å²) in [6, 6.07) is 8.18. The van der Waals surface area contributed by atoms with E-state index in [9.17, 15) is 15.0 Å². The van der Waals surface area contributed by atoms with Gasteiger partial charge in [0.25, 0.3) is 0 Å². The SMILES string of the molecule is C=C.C=NC(=NC)c1ccc(N2CCN(C(=C)CN(CC)CC(C)(CO)C(=O)O)CC2)cc1. The van der Waals surface area contributed by atoms with E-state index in [2.05, 4.69) is 58.4 Å². The number of hydrogen-bond donors (Lipinski definition) is 2. The van der Waals surface area contributed by atoms with E-state index >= 15 is 0 Å². The standard InChI is InChI=1S/C23H35N5O3.C2H4/c1-6-26(16-23(3,17-29)22(30)31)15-18(2)27-11-13-28(14-12-27)20-9-7-19(8-10-20)21(24-4)25-5;1-2/h7-10,29H,2,4,6,11-17H2,1,3,5H3,(H,30,31);1-2H2. The Hall–Kier alpha value is -2.97. The lowest BCUT2D eigenvalue weighted by atomic mass is 9.91. The molecule has 1 aromatic rings. The summed E-state index contributed by atoms with van der Waals surface area (Å²) in [6.07, 6.45) is 0. The summed E-state index contributed by atoms with van der Waals surface area (Å²) >= 11 is 0. The summed E-state index contributed by atoms with van der Waals surface area (Å²) in [5, 5.41) is 19.0. The van der Waals surface area contributed by atoms with Crippen LogP contribution in [0.15, 0.2) is 59.7 Å². The normalized spacial score (nSPS) is 16.0. The van der Waals surface area contributed by atoms with E-state index in [1.807, 2.05) is 24.0 Å². The van der Waals surface area contributed by atoms with Crippen LogP contribution in [0.1, 0.15) is 19.4 Å². The lowest BCUT2D eigenvalue weighted by Crippen LogP contribution is -2.49. The summed E-state index contributed by atoms with van der Waals surface area (Å²) in [5.41, 5.74) is 1.90. The molecule has 0 spiro atoms. The Balaban J connectivity index is 0.00000265. The van der Waals surface area contributed by atoms with Gasteiger partial charge in [-0.25, -0.2) is 4.99 Å². The van der Waals surface area contributed by atoms with Crippen LogP contribution in [0.4, 0.5) is 5.69 Å². The van der Waals surface area contributed by atoms with Crippen molar-refractivity contribution in [1.29, 1.82) is 0 Å². The Morgan fingerprint density at radius 1 is 1.18 bits per heavy atom. The topological polar surface area (TPSA) is 92.0 Å². The summed E-state index contributed by atoms with van der Waals surface area (Å²) in [6.45, 7) is 22.0. The second-order valence-corrected chi connectivity index (χ2v) is 8.12. The zero-order valence-electron chi connectivity index (χ0n) is 20.3. The van der Waals surface area contributed by atoms with Gasteiger partial charge in [-0.2, -0.15) is 0 Å². The third-order valence-corrected chi connectivity index (χ3v) is 5.87. The highest BCUT2D eigenvalue weighted by Crippen LogP contribution is 2.21. The van der Waals surface area contributed by atoms with Crippen LogP contribution in [0.25, 0.3) is 0 Å². The van der Waals surface area contributed by atoms with Crippen molar-refractivity contribution in [3.63, 3.8) is 0 Å². The molecule has 2 rings (SSSR count). The maximum Gasteiger partial charge on any atom is 0.313 e. The summed E-state index contributed by atoms with van der Waals surface area (Å²) in [5.74, 6) is -0.353. The highest BCUT2D eigenvalue weighted by molar-refractivity contribution is 6.01. The molecule has 0 saturated carbocycles. The molecule has 1 unspecified atom stereocenters. The quantitative estimate of drug-likeness (QED) is 0.319. The van der Waals surface area contributed by atoms with Gasteiger partial charge in [0, 0.05) is 63.3 Å². The van der Waals surface area contributed by atoms with Crippen LogP contribution < -0.4 is 4.90 Å². The largest absolute Gasteiger partial charge is 0.481 e. The number of carbonyl (C=O) groups is 1. The van der Waals surface area contributed by atoms with Crippen molar-refractivity contribution in [2.75, 3.05) is 64.4 Å². The van der Waals surface area contributed by atoms with Gasteiger partial charge in [0.15, 0.2) is 5.84 Å². The molecule has 2 N–H and O–H groups in total. The minimum Gasteiger partial charge on any atom is -0.481 e.